The summed E-state index contributed by atoms with van der Waals surface area (Å²) in [4.78, 5) is 15.9. The van der Waals surface area contributed by atoms with Gasteiger partial charge in [-0.2, -0.15) is 0 Å². The third-order valence-electron chi connectivity index (χ3n) is 5.00. The average Bonchev–Trinajstić information content (AvgIpc) is 2.46. The second-order valence-corrected chi connectivity index (χ2v) is 6.53. The number of carbonyl (C=O) groups is 1. The van der Waals surface area contributed by atoms with Crippen molar-refractivity contribution in [2.75, 3.05) is 0 Å². The molecule has 1 N–H and O–H groups in total. The van der Waals surface area contributed by atoms with Crippen LogP contribution in [0.2, 0.25) is 0 Å². The Morgan fingerprint density at radius 1 is 1.45 bits per heavy atom. The zero-order valence-corrected chi connectivity index (χ0v) is 12.5. The molecule has 0 atom stereocenters. The highest BCUT2D eigenvalue weighted by Gasteiger charge is 2.41. The van der Waals surface area contributed by atoms with E-state index in [0.717, 1.165) is 44.1 Å². The van der Waals surface area contributed by atoms with E-state index in [1.165, 1.54) is 0 Å². The average molecular weight is 275 g/mol. The molecule has 0 aliphatic heterocycles. The molecule has 1 aromatic heterocycles. The molecule has 0 saturated heterocycles. The summed E-state index contributed by atoms with van der Waals surface area (Å²) in [5, 5.41) is 9.68. The molecular formula is C17H25NO2. The molecule has 110 valence electrons. The molecular weight excluding hydrogens is 250 g/mol. The zero-order valence-electron chi connectivity index (χ0n) is 12.5. The SMILES string of the molecule is CC(C)C1CCC(CCc2cccnc2)(C(=O)O)CC1. The number of nitrogens with zero attached hydrogens (tertiary/aromatic N) is 1. The molecule has 0 radical (unpaired) electrons. The van der Waals surface area contributed by atoms with Gasteiger partial charge in [0.15, 0.2) is 0 Å². The Hall–Kier alpha value is -1.38. The van der Waals surface area contributed by atoms with E-state index < -0.39 is 11.4 Å². The number of pyridine rings is 1. The van der Waals surface area contributed by atoms with Gasteiger partial charge in [-0.25, -0.2) is 0 Å². The van der Waals surface area contributed by atoms with Gasteiger partial charge >= 0.3 is 5.97 Å². The lowest BCUT2D eigenvalue weighted by atomic mass is 9.66. The van der Waals surface area contributed by atoms with Gasteiger partial charge < -0.3 is 5.11 Å². The lowest BCUT2D eigenvalue weighted by Crippen LogP contribution is -2.36. The molecule has 1 aliphatic carbocycles. The quantitative estimate of drug-likeness (QED) is 0.885. The van der Waals surface area contributed by atoms with Gasteiger partial charge in [0.25, 0.3) is 0 Å². The standard InChI is InChI=1S/C17H25NO2/c1-13(2)15-6-9-17(10-7-15,16(19)20)8-5-14-4-3-11-18-12-14/h3-4,11-13,15H,5-10H2,1-2H3,(H,19,20). The van der Waals surface area contributed by atoms with Crippen LogP contribution in [-0.4, -0.2) is 16.1 Å². The van der Waals surface area contributed by atoms with Gasteiger partial charge in [0.1, 0.15) is 0 Å². The maximum atomic E-state index is 11.8. The van der Waals surface area contributed by atoms with Crippen LogP contribution in [0.4, 0.5) is 0 Å². The van der Waals surface area contributed by atoms with Crippen LogP contribution >= 0.6 is 0 Å². The fourth-order valence-electron chi connectivity index (χ4n) is 3.36. The first-order valence-electron chi connectivity index (χ1n) is 7.66. The minimum atomic E-state index is -0.608. The maximum Gasteiger partial charge on any atom is 0.309 e. The van der Waals surface area contributed by atoms with Crippen molar-refractivity contribution < 1.29 is 9.90 Å². The minimum absolute atomic E-state index is 0.513. The smallest absolute Gasteiger partial charge is 0.309 e. The van der Waals surface area contributed by atoms with Crippen LogP contribution in [0.3, 0.4) is 0 Å². The fraction of sp³-hybridized carbons (Fsp3) is 0.647. The van der Waals surface area contributed by atoms with Crippen molar-refractivity contribution in [1.29, 1.82) is 0 Å². The first-order valence-corrected chi connectivity index (χ1v) is 7.66. The summed E-state index contributed by atoms with van der Waals surface area (Å²) in [5.41, 5.74) is 0.625. The number of hydrogen-bond donors (Lipinski definition) is 1. The Balaban J connectivity index is 1.99. The number of rotatable bonds is 5. The molecule has 3 nitrogen and oxygen atoms in total. The van der Waals surface area contributed by atoms with Gasteiger partial charge in [-0.15, -0.1) is 0 Å². The van der Waals surface area contributed by atoms with E-state index in [-0.39, 0.29) is 0 Å². The topological polar surface area (TPSA) is 50.2 Å². The fourth-order valence-corrected chi connectivity index (χ4v) is 3.36. The molecule has 0 spiro atoms. The predicted molar refractivity (Wildman–Crippen MR) is 79.4 cm³/mol. The largest absolute Gasteiger partial charge is 0.481 e. The predicted octanol–water partition coefficient (Wildman–Crippen LogP) is 3.93. The molecule has 0 unspecified atom stereocenters. The summed E-state index contributed by atoms with van der Waals surface area (Å²) in [6, 6.07) is 3.95. The summed E-state index contributed by atoms with van der Waals surface area (Å²) >= 11 is 0. The van der Waals surface area contributed by atoms with Crippen LogP contribution in [0, 0.1) is 17.3 Å². The normalized spacial score (nSPS) is 26.6. The number of aromatic nitrogens is 1. The summed E-state index contributed by atoms with van der Waals surface area (Å²) < 4.78 is 0. The van der Waals surface area contributed by atoms with E-state index in [4.69, 9.17) is 0 Å². The Morgan fingerprint density at radius 3 is 2.65 bits per heavy atom. The lowest BCUT2D eigenvalue weighted by molar-refractivity contribution is -0.152. The minimum Gasteiger partial charge on any atom is -0.481 e. The number of aliphatic carboxylic acids is 1. The Kier molecular flexibility index (Phi) is 4.79. The third kappa shape index (κ3) is 3.38. The first-order chi connectivity index (χ1) is 9.53. The van der Waals surface area contributed by atoms with Gasteiger partial charge in [0.05, 0.1) is 5.41 Å². The van der Waals surface area contributed by atoms with Crippen molar-refractivity contribution in [2.24, 2.45) is 17.3 Å². The monoisotopic (exact) mass is 275 g/mol. The van der Waals surface area contributed by atoms with Gasteiger partial charge in [0, 0.05) is 12.4 Å². The number of carboxylic acids is 1. The molecule has 20 heavy (non-hydrogen) atoms. The van der Waals surface area contributed by atoms with E-state index in [9.17, 15) is 9.90 Å². The molecule has 3 heteroatoms. The van der Waals surface area contributed by atoms with Crippen LogP contribution in [-0.2, 0) is 11.2 Å². The van der Waals surface area contributed by atoms with Crippen LogP contribution in [0.1, 0.15) is 51.5 Å². The summed E-state index contributed by atoms with van der Waals surface area (Å²) in [7, 11) is 0. The maximum absolute atomic E-state index is 11.8. The van der Waals surface area contributed by atoms with Crippen LogP contribution < -0.4 is 0 Å². The molecule has 0 aromatic carbocycles. The van der Waals surface area contributed by atoms with Crippen molar-refractivity contribution in [3.05, 3.63) is 30.1 Å². The van der Waals surface area contributed by atoms with Gasteiger partial charge in [-0.3, -0.25) is 9.78 Å². The van der Waals surface area contributed by atoms with Crippen molar-refractivity contribution in [1.82, 2.24) is 4.98 Å². The second-order valence-electron chi connectivity index (χ2n) is 6.53. The van der Waals surface area contributed by atoms with Gasteiger partial charge in [0.2, 0.25) is 0 Å². The van der Waals surface area contributed by atoms with Crippen molar-refractivity contribution in [2.45, 2.75) is 52.4 Å². The summed E-state index contributed by atoms with van der Waals surface area (Å²) in [6.45, 7) is 4.49. The molecule has 2 rings (SSSR count). The van der Waals surface area contributed by atoms with Crippen LogP contribution in [0.15, 0.2) is 24.5 Å². The van der Waals surface area contributed by atoms with E-state index in [1.807, 2.05) is 18.3 Å². The lowest BCUT2D eigenvalue weighted by Gasteiger charge is -2.38. The summed E-state index contributed by atoms with van der Waals surface area (Å²) in [6.07, 6.45) is 8.90. The van der Waals surface area contributed by atoms with E-state index >= 15 is 0 Å². The highest BCUT2D eigenvalue weighted by atomic mass is 16.4. The second kappa shape index (κ2) is 6.38. The molecule has 1 heterocycles. The molecule has 0 amide bonds. The molecule has 1 fully saturated rings. The van der Waals surface area contributed by atoms with Crippen molar-refractivity contribution in [3.8, 4) is 0 Å². The van der Waals surface area contributed by atoms with Gasteiger partial charge in [-0.05, 0) is 62.0 Å². The summed E-state index contributed by atoms with van der Waals surface area (Å²) in [5.74, 6) is 0.754. The molecule has 1 saturated carbocycles. The van der Waals surface area contributed by atoms with Crippen molar-refractivity contribution >= 4 is 5.97 Å². The van der Waals surface area contributed by atoms with Gasteiger partial charge in [-0.1, -0.05) is 19.9 Å². The van der Waals surface area contributed by atoms with E-state index in [1.54, 1.807) is 6.20 Å². The Bertz CT molecular complexity index is 434. The first kappa shape index (κ1) is 15.0. The zero-order chi connectivity index (χ0) is 14.6. The number of aryl methyl sites for hydroxylation is 1. The van der Waals surface area contributed by atoms with E-state index in [0.29, 0.717) is 11.8 Å². The highest BCUT2D eigenvalue weighted by Crippen LogP contribution is 2.44. The van der Waals surface area contributed by atoms with Crippen LogP contribution in [0.5, 0.6) is 0 Å². The molecule has 1 aliphatic rings. The number of hydrogen-bond acceptors (Lipinski definition) is 2. The number of carboxylic acid groups (broad SMARTS) is 1. The highest BCUT2D eigenvalue weighted by molar-refractivity contribution is 5.74. The Labute approximate surface area is 121 Å². The van der Waals surface area contributed by atoms with Crippen LogP contribution in [0.25, 0.3) is 0 Å². The Morgan fingerprint density at radius 2 is 2.15 bits per heavy atom. The van der Waals surface area contributed by atoms with Crippen molar-refractivity contribution in [3.63, 3.8) is 0 Å². The molecule has 1 aromatic rings. The van der Waals surface area contributed by atoms with E-state index in [2.05, 4.69) is 18.8 Å². The molecule has 0 bridgehead atoms. The third-order valence-corrected chi connectivity index (χ3v) is 5.00.